The molecule has 0 heterocycles. The van der Waals surface area contributed by atoms with Crippen molar-refractivity contribution in [1.82, 2.24) is 5.32 Å². The molecular weight excluding hydrogens is 271 g/mol. The van der Waals surface area contributed by atoms with E-state index in [-0.39, 0.29) is 24.9 Å². The molecule has 0 saturated heterocycles. The minimum absolute atomic E-state index is 0.133. The normalized spacial score (nSPS) is 10.2. The van der Waals surface area contributed by atoms with Gasteiger partial charge in [0, 0.05) is 18.7 Å². The van der Waals surface area contributed by atoms with Gasteiger partial charge in [0.2, 0.25) is 0 Å². The van der Waals surface area contributed by atoms with E-state index >= 15 is 0 Å². The van der Waals surface area contributed by atoms with Crippen LogP contribution in [0.25, 0.3) is 0 Å². The first-order valence-corrected chi connectivity index (χ1v) is 6.61. The predicted octanol–water partition coefficient (Wildman–Crippen LogP) is 1.98. The molecule has 0 aliphatic heterocycles. The van der Waals surface area contributed by atoms with Crippen LogP contribution >= 0.6 is 0 Å². The van der Waals surface area contributed by atoms with Gasteiger partial charge in [-0.1, -0.05) is 30.3 Å². The predicted molar refractivity (Wildman–Crippen MR) is 78.1 cm³/mol. The van der Waals surface area contributed by atoms with Gasteiger partial charge in [0.05, 0.1) is 0 Å². The fourth-order valence-electron chi connectivity index (χ4n) is 1.84. The van der Waals surface area contributed by atoms with Crippen molar-refractivity contribution in [3.05, 3.63) is 65.5 Å². The van der Waals surface area contributed by atoms with Crippen LogP contribution in [-0.4, -0.2) is 12.5 Å². The maximum Gasteiger partial charge on any atom is 0.258 e. The first-order chi connectivity index (χ1) is 10.2. The van der Waals surface area contributed by atoms with Gasteiger partial charge in [0.25, 0.3) is 5.91 Å². The Bertz CT molecular complexity index is 602. The number of ether oxygens (including phenoxy) is 1. The Morgan fingerprint density at radius 3 is 2.67 bits per heavy atom. The highest BCUT2D eigenvalue weighted by atomic mass is 19.1. The van der Waals surface area contributed by atoms with Gasteiger partial charge in [0.1, 0.15) is 11.6 Å². The molecule has 0 aliphatic rings. The van der Waals surface area contributed by atoms with Crippen LogP contribution in [0, 0.1) is 5.82 Å². The van der Waals surface area contributed by atoms with E-state index in [0.717, 1.165) is 5.56 Å². The maximum atomic E-state index is 13.1. The van der Waals surface area contributed by atoms with Gasteiger partial charge in [-0.05, 0) is 23.8 Å². The molecule has 2 rings (SSSR count). The Kier molecular flexibility index (Phi) is 5.29. The summed E-state index contributed by atoms with van der Waals surface area (Å²) in [6.07, 6.45) is 0. The number of nitrogens with two attached hydrogens (primary N) is 1. The highest BCUT2D eigenvalue weighted by molar-refractivity contribution is 5.77. The smallest absolute Gasteiger partial charge is 0.258 e. The number of halogens is 1. The highest BCUT2D eigenvalue weighted by Crippen LogP contribution is 2.18. The summed E-state index contributed by atoms with van der Waals surface area (Å²) in [6, 6.07) is 13.6. The van der Waals surface area contributed by atoms with E-state index in [1.54, 1.807) is 0 Å². The summed E-state index contributed by atoms with van der Waals surface area (Å²) in [7, 11) is 0. The molecule has 110 valence electrons. The molecule has 5 heteroatoms. The van der Waals surface area contributed by atoms with Crippen LogP contribution in [0.15, 0.2) is 48.5 Å². The van der Waals surface area contributed by atoms with Gasteiger partial charge in [-0.3, -0.25) is 4.79 Å². The quantitative estimate of drug-likeness (QED) is 0.854. The number of benzene rings is 2. The standard InChI is InChI=1S/C16H17FN2O2/c17-14-6-7-15(13(8-14)9-18)21-11-16(20)19-10-12-4-2-1-3-5-12/h1-8H,9-11,18H2,(H,19,20). The van der Waals surface area contributed by atoms with Gasteiger partial charge in [-0.25, -0.2) is 4.39 Å². The summed E-state index contributed by atoms with van der Waals surface area (Å²) in [5.41, 5.74) is 7.06. The first-order valence-electron chi connectivity index (χ1n) is 6.61. The van der Waals surface area contributed by atoms with Crippen LogP contribution < -0.4 is 15.8 Å². The summed E-state index contributed by atoms with van der Waals surface area (Å²) >= 11 is 0. The molecular formula is C16H17FN2O2. The minimum atomic E-state index is -0.378. The maximum absolute atomic E-state index is 13.1. The summed E-state index contributed by atoms with van der Waals surface area (Å²) in [6.45, 7) is 0.459. The molecule has 0 unspecified atom stereocenters. The molecule has 0 radical (unpaired) electrons. The van der Waals surface area contributed by atoms with Crippen molar-refractivity contribution in [3.63, 3.8) is 0 Å². The number of hydrogen-bond donors (Lipinski definition) is 2. The Morgan fingerprint density at radius 2 is 1.95 bits per heavy atom. The van der Waals surface area contributed by atoms with Crippen LogP contribution in [0.2, 0.25) is 0 Å². The number of hydrogen-bond acceptors (Lipinski definition) is 3. The van der Waals surface area contributed by atoms with E-state index < -0.39 is 0 Å². The molecule has 0 aromatic heterocycles. The van der Waals surface area contributed by atoms with Crippen molar-refractivity contribution in [3.8, 4) is 5.75 Å². The number of carbonyl (C=O) groups is 1. The average Bonchev–Trinajstić information content (AvgIpc) is 2.52. The van der Waals surface area contributed by atoms with Crippen molar-refractivity contribution >= 4 is 5.91 Å². The zero-order valence-electron chi connectivity index (χ0n) is 11.5. The zero-order valence-corrected chi connectivity index (χ0v) is 11.5. The zero-order chi connectivity index (χ0) is 15.1. The van der Waals surface area contributed by atoms with E-state index in [0.29, 0.717) is 17.9 Å². The lowest BCUT2D eigenvalue weighted by molar-refractivity contribution is -0.123. The molecule has 0 bridgehead atoms. The van der Waals surface area contributed by atoms with Gasteiger partial charge < -0.3 is 15.8 Å². The lowest BCUT2D eigenvalue weighted by atomic mass is 10.2. The third-order valence-electron chi connectivity index (χ3n) is 2.93. The van der Waals surface area contributed by atoms with Gasteiger partial charge >= 0.3 is 0 Å². The average molecular weight is 288 g/mol. The molecule has 2 aromatic rings. The fourth-order valence-corrected chi connectivity index (χ4v) is 1.84. The Labute approximate surface area is 122 Å². The first kappa shape index (κ1) is 15.0. The largest absolute Gasteiger partial charge is 0.483 e. The third kappa shape index (κ3) is 4.57. The number of carbonyl (C=O) groups excluding carboxylic acids is 1. The molecule has 2 aromatic carbocycles. The van der Waals surface area contributed by atoms with Crippen molar-refractivity contribution in [2.24, 2.45) is 5.73 Å². The van der Waals surface area contributed by atoms with Crippen molar-refractivity contribution in [2.45, 2.75) is 13.1 Å². The van der Waals surface area contributed by atoms with Crippen LogP contribution in [0.4, 0.5) is 4.39 Å². The molecule has 0 aliphatic carbocycles. The molecule has 1 amide bonds. The van der Waals surface area contributed by atoms with Crippen molar-refractivity contribution in [1.29, 1.82) is 0 Å². The molecule has 21 heavy (non-hydrogen) atoms. The molecule has 4 nitrogen and oxygen atoms in total. The van der Waals surface area contributed by atoms with Crippen LogP contribution in [0.5, 0.6) is 5.75 Å². The topological polar surface area (TPSA) is 64.3 Å². The highest BCUT2D eigenvalue weighted by Gasteiger charge is 2.07. The Hall–Kier alpha value is -2.40. The molecule has 0 fully saturated rings. The van der Waals surface area contributed by atoms with Gasteiger partial charge in [-0.15, -0.1) is 0 Å². The molecule has 0 saturated carbocycles. The molecule has 0 spiro atoms. The number of nitrogens with one attached hydrogen (secondary N) is 1. The summed E-state index contributed by atoms with van der Waals surface area (Å²) in [5.74, 6) is -0.198. The van der Waals surface area contributed by atoms with Gasteiger partial charge in [0.15, 0.2) is 6.61 Å². The number of amides is 1. The van der Waals surface area contributed by atoms with E-state index in [1.165, 1.54) is 18.2 Å². The Morgan fingerprint density at radius 1 is 1.19 bits per heavy atom. The SMILES string of the molecule is NCc1cc(F)ccc1OCC(=O)NCc1ccccc1. The lowest BCUT2D eigenvalue weighted by Crippen LogP contribution is -2.28. The third-order valence-corrected chi connectivity index (χ3v) is 2.93. The lowest BCUT2D eigenvalue weighted by Gasteiger charge is -2.10. The van der Waals surface area contributed by atoms with Gasteiger partial charge in [-0.2, -0.15) is 0 Å². The second kappa shape index (κ2) is 7.40. The summed E-state index contributed by atoms with van der Waals surface area (Å²) < 4.78 is 18.4. The second-order valence-electron chi connectivity index (χ2n) is 4.51. The summed E-state index contributed by atoms with van der Waals surface area (Å²) in [4.78, 5) is 11.7. The van der Waals surface area contributed by atoms with Crippen LogP contribution in [-0.2, 0) is 17.9 Å². The monoisotopic (exact) mass is 288 g/mol. The molecule has 0 atom stereocenters. The van der Waals surface area contributed by atoms with Crippen molar-refractivity contribution in [2.75, 3.05) is 6.61 Å². The minimum Gasteiger partial charge on any atom is -0.483 e. The Balaban J connectivity index is 1.84. The second-order valence-corrected chi connectivity index (χ2v) is 4.51. The summed E-state index contributed by atoms with van der Waals surface area (Å²) in [5, 5.41) is 2.75. The number of rotatable bonds is 6. The van der Waals surface area contributed by atoms with Crippen LogP contribution in [0.3, 0.4) is 0 Å². The van der Waals surface area contributed by atoms with E-state index in [4.69, 9.17) is 10.5 Å². The van der Waals surface area contributed by atoms with Crippen LogP contribution in [0.1, 0.15) is 11.1 Å². The fraction of sp³-hybridized carbons (Fsp3) is 0.188. The molecule has 3 N–H and O–H groups in total. The van der Waals surface area contributed by atoms with E-state index in [1.807, 2.05) is 30.3 Å². The van der Waals surface area contributed by atoms with E-state index in [2.05, 4.69) is 5.32 Å². The van der Waals surface area contributed by atoms with Crippen molar-refractivity contribution < 1.29 is 13.9 Å². The van der Waals surface area contributed by atoms with E-state index in [9.17, 15) is 9.18 Å².